The molecular formula is C18H13BrN4OS. The number of benzene rings is 2. The van der Waals surface area contributed by atoms with E-state index in [1.165, 1.54) is 11.8 Å². The van der Waals surface area contributed by atoms with Gasteiger partial charge >= 0.3 is 0 Å². The maximum atomic E-state index is 12.3. The third-order valence-electron chi connectivity index (χ3n) is 3.99. The Morgan fingerprint density at radius 1 is 1.12 bits per heavy atom. The summed E-state index contributed by atoms with van der Waals surface area (Å²) < 4.78 is 2.95. The highest BCUT2D eigenvalue weighted by molar-refractivity contribution is 9.10. The number of aromatic nitrogens is 4. The Balaban J connectivity index is 1.60. The number of aryl methyl sites for hydroxylation is 1. The summed E-state index contributed by atoms with van der Waals surface area (Å²) in [7, 11) is 1.96. The van der Waals surface area contributed by atoms with Crippen LogP contribution in [0.15, 0.2) is 58.2 Å². The number of carbonyl (C=O) groups is 1. The average Bonchev–Trinajstić information content (AvgIpc) is 2.93. The van der Waals surface area contributed by atoms with E-state index in [9.17, 15) is 4.79 Å². The number of hydrogen-bond donors (Lipinski definition) is 0. The summed E-state index contributed by atoms with van der Waals surface area (Å²) >= 11 is 4.67. The van der Waals surface area contributed by atoms with Crippen molar-refractivity contribution in [2.75, 3.05) is 5.75 Å². The third kappa shape index (κ3) is 3.05. The molecule has 124 valence electrons. The van der Waals surface area contributed by atoms with E-state index >= 15 is 0 Å². The number of carbonyl (C=O) groups excluding carboxylic acids is 1. The van der Waals surface area contributed by atoms with E-state index in [-0.39, 0.29) is 11.5 Å². The van der Waals surface area contributed by atoms with E-state index in [1.807, 2.05) is 48.0 Å². The number of fused-ring (bicyclic) bond motifs is 3. The van der Waals surface area contributed by atoms with Crippen LogP contribution in [0.5, 0.6) is 0 Å². The number of para-hydroxylation sites is 1. The van der Waals surface area contributed by atoms with Gasteiger partial charge in [-0.15, -0.1) is 10.2 Å². The van der Waals surface area contributed by atoms with Crippen LogP contribution in [-0.2, 0) is 7.05 Å². The molecule has 4 rings (SSSR count). The van der Waals surface area contributed by atoms with E-state index in [0.29, 0.717) is 10.7 Å². The molecule has 0 unspecified atom stereocenters. The van der Waals surface area contributed by atoms with Crippen molar-refractivity contribution in [1.29, 1.82) is 0 Å². The zero-order valence-corrected chi connectivity index (χ0v) is 15.7. The molecule has 0 aliphatic heterocycles. The molecule has 25 heavy (non-hydrogen) atoms. The molecule has 0 atom stereocenters. The first-order chi connectivity index (χ1) is 12.1. The minimum Gasteiger partial charge on any atom is -0.327 e. The van der Waals surface area contributed by atoms with Gasteiger partial charge in [-0.3, -0.25) is 4.79 Å². The topological polar surface area (TPSA) is 60.7 Å². The highest BCUT2D eigenvalue weighted by atomic mass is 79.9. The third-order valence-corrected chi connectivity index (χ3v) is 5.35. The molecule has 4 aromatic rings. The number of thioether (sulfide) groups is 1. The van der Waals surface area contributed by atoms with Gasteiger partial charge in [-0.2, -0.15) is 0 Å². The SMILES string of the molecule is Cn1c2ccccc2c2nnc(SCC(=O)c3ccc(Br)cc3)nc21. The summed E-state index contributed by atoms with van der Waals surface area (Å²) in [5.74, 6) is 0.317. The minimum absolute atomic E-state index is 0.0400. The Morgan fingerprint density at radius 3 is 2.68 bits per heavy atom. The second-order valence-electron chi connectivity index (χ2n) is 5.56. The molecule has 0 saturated heterocycles. The molecule has 0 aliphatic carbocycles. The molecule has 0 bridgehead atoms. The van der Waals surface area contributed by atoms with Gasteiger partial charge in [0.25, 0.3) is 0 Å². The Bertz CT molecular complexity index is 1090. The van der Waals surface area contributed by atoms with Crippen LogP contribution in [0.4, 0.5) is 0 Å². The Kier molecular flexibility index (Phi) is 4.27. The Morgan fingerprint density at radius 2 is 1.88 bits per heavy atom. The lowest BCUT2D eigenvalue weighted by Crippen LogP contribution is -2.03. The quantitative estimate of drug-likeness (QED) is 0.370. The summed E-state index contributed by atoms with van der Waals surface area (Å²) in [6.07, 6.45) is 0. The van der Waals surface area contributed by atoms with Crippen LogP contribution in [0.25, 0.3) is 22.1 Å². The van der Waals surface area contributed by atoms with Gasteiger partial charge in [0, 0.05) is 22.5 Å². The normalized spacial score (nSPS) is 11.3. The summed E-state index contributed by atoms with van der Waals surface area (Å²) in [5.41, 5.74) is 3.29. The molecule has 2 aromatic heterocycles. The van der Waals surface area contributed by atoms with Crippen LogP contribution >= 0.6 is 27.7 Å². The number of Topliss-reactive ketones (excluding diaryl/α,β-unsaturated/α-hetero) is 1. The molecule has 2 aromatic carbocycles. The lowest BCUT2D eigenvalue weighted by molar-refractivity contribution is 0.102. The summed E-state index contributed by atoms with van der Waals surface area (Å²) in [6.45, 7) is 0. The van der Waals surface area contributed by atoms with E-state index in [1.54, 1.807) is 12.1 Å². The van der Waals surface area contributed by atoms with Crippen molar-refractivity contribution in [3.8, 4) is 0 Å². The van der Waals surface area contributed by atoms with Crippen LogP contribution in [0.1, 0.15) is 10.4 Å². The van der Waals surface area contributed by atoms with Gasteiger partial charge in [0.05, 0.1) is 11.3 Å². The Labute approximate surface area is 156 Å². The molecule has 0 spiro atoms. The number of halogens is 1. The predicted octanol–water partition coefficient (Wildman–Crippen LogP) is 4.25. The molecule has 0 radical (unpaired) electrons. The van der Waals surface area contributed by atoms with Gasteiger partial charge in [0.2, 0.25) is 5.16 Å². The van der Waals surface area contributed by atoms with Crippen molar-refractivity contribution in [3.63, 3.8) is 0 Å². The van der Waals surface area contributed by atoms with Gasteiger partial charge < -0.3 is 4.57 Å². The van der Waals surface area contributed by atoms with Crippen molar-refractivity contribution in [3.05, 3.63) is 58.6 Å². The summed E-state index contributed by atoms with van der Waals surface area (Å²) in [6, 6.07) is 15.3. The fourth-order valence-corrected chi connectivity index (χ4v) is 3.64. The summed E-state index contributed by atoms with van der Waals surface area (Å²) in [5, 5.41) is 10.0. The fraction of sp³-hybridized carbons (Fsp3) is 0.111. The van der Waals surface area contributed by atoms with E-state index in [4.69, 9.17) is 0 Å². The molecule has 7 heteroatoms. The van der Waals surface area contributed by atoms with Crippen LogP contribution in [-0.4, -0.2) is 31.3 Å². The van der Waals surface area contributed by atoms with Crippen LogP contribution < -0.4 is 0 Å². The monoisotopic (exact) mass is 412 g/mol. The molecule has 2 heterocycles. The minimum atomic E-state index is 0.0400. The smallest absolute Gasteiger partial charge is 0.211 e. The number of rotatable bonds is 4. The van der Waals surface area contributed by atoms with Crippen molar-refractivity contribution in [1.82, 2.24) is 19.7 Å². The van der Waals surface area contributed by atoms with Crippen molar-refractivity contribution in [2.45, 2.75) is 5.16 Å². The molecular weight excluding hydrogens is 400 g/mol. The first-order valence-corrected chi connectivity index (χ1v) is 9.41. The maximum absolute atomic E-state index is 12.3. The lowest BCUT2D eigenvalue weighted by atomic mass is 10.2. The van der Waals surface area contributed by atoms with Crippen molar-refractivity contribution >= 4 is 55.5 Å². The van der Waals surface area contributed by atoms with Crippen LogP contribution in [0.2, 0.25) is 0 Å². The molecule has 5 nitrogen and oxygen atoms in total. The summed E-state index contributed by atoms with van der Waals surface area (Å²) in [4.78, 5) is 16.9. The molecule has 0 amide bonds. The van der Waals surface area contributed by atoms with Crippen molar-refractivity contribution < 1.29 is 4.79 Å². The maximum Gasteiger partial charge on any atom is 0.211 e. The van der Waals surface area contributed by atoms with E-state index in [2.05, 4.69) is 31.1 Å². The first kappa shape index (κ1) is 16.2. The van der Waals surface area contributed by atoms with Crippen LogP contribution in [0, 0.1) is 0 Å². The molecule has 0 N–H and O–H groups in total. The van der Waals surface area contributed by atoms with Gasteiger partial charge in [-0.05, 0) is 18.2 Å². The first-order valence-electron chi connectivity index (χ1n) is 7.63. The standard InChI is InChI=1S/C18H13BrN4OS/c1-23-14-5-3-2-4-13(14)16-17(23)20-18(22-21-16)25-10-15(24)11-6-8-12(19)9-7-11/h2-9H,10H2,1H3. The van der Waals surface area contributed by atoms with Gasteiger partial charge in [0.1, 0.15) is 5.52 Å². The fourth-order valence-electron chi connectivity index (χ4n) is 2.70. The van der Waals surface area contributed by atoms with E-state index in [0.717, 1.165) is 26.5 Å². The Hall–Kier alpha value is -2.25. The highest BCUT2D eigenvalue weighted by Gasteiger charge is 2.13. The zero-order valence-electron chi connectivity index (χ0n) is 13.3. The number of nitrogens with zero attached hydrogens (tertiary/aromatic N) is 4. The zero-order chi connectivity index (χ0) is 17.4. The lowest BCUT2D eigenvalue weighted by Gasteiger charge is -2.01. The number of hydrogen-bond acceptors (Lipinski definition) is 5. The van der Waals surface area contributed by atoms with Gasteiger partial charge in [-0.1, -0.05) is 58.0 Å². The average molecular weight is 413 g/mol. The predicted molar refractivity (Wildman–Crippen MR) is 103 cm³/mol. The molecule has 0 saturated carbocycles. The van der Waals surface area contributed by atoms with Gasteiger partial charge in [0.15, 0.2) is 11.4 Å². The van der Waals surface area contributed by atoms with Crippen LogP contribution in [0.3, 0.4) is 0 Å². The van der Waals surface area contributed by atoms with Gasteiger partial charge in [-0.25, -0.2) is 4.98 Å². The van der Waals surface area contributed by atoms with Crippen molar-refractivity contribution in [2.24, 2.45) is 7.05 Å². The van der Waals surface area contributed by atoms with E-state index < -0.39 is 0 Å². The second kappa shape index (κ2) is 6.57. The second-order valence-corrected chi connectivity index (χ2v) is 7.42. The number of ketones is 1. The molecule has 0 aliphatic rings. The largest absolute Gasteiger partial charge is 0.327 e. The molecule has 0 fully saturated rings. The highest BCUT2D eigenvalue weighted by Crippen LogP contribution is 2.26.